The van der Waals surface area contributed by atoms with Gasteiger partial charge in [-0.2, -0.15) is 0 Å². The maximum atomic E-state index is 12.0. The van der Waals surface area contributed by atoms with Crippen LogP contribution in [-0.2, 0) is 10.2 Å². The van der Waals surface area contributed by atoms with Crippen LogP contribution >= 0.6 is 11.3 Å². The second-order valence-corrected chi connectivity index (χ2v) is 7.99. The lowest BCUT2D eigenvalue weighted by Crippen LogP contribution is -2.10. The van der Waals surface area contributed by atoms with Gasteiger partial charge in [-0.1, -0.05) is 45.0 Å². The van der Waals surface area contributed by atoms with Crippen LogP contribution in [0, 0.1) is 6.92 Å². The number of benzene rings is 1. The van der Waals surface area contributed by atoms with Crippen molar-refractivity contribution in [2.24, 2.45) is 0 Å². The van der Waals surface area contributed by atoms with Gasteiger partial charge in [0.05, 0.1) is 5.69 Å². The summed E-state index contributed by atoms with van der Waals surface area (Å²) in [5.41, 5.74) is 3.30. The van der Waals surface area contributed by atoms with Crippen LogP contribution in [0.4, 0.5) is 5.13 Å². The number of nitrogens with one attached hydrogen (secondary N) is 1. The Bertz CT molecular complexity index is 928. The van der Waals surface area contributed by atoms with Crippen molar-refractivity contribution in [1.82, 2.24) is 4.98 Å². The van der Waals surface area contributed by atoms with Crippen LogP contribution in [0.25, 0.3) is 17.3 Å². The third-order valence-electron chi connectivity index (χ3n) is 3.94. The van der Waals surface area contributed by atoms with Gasteiger partial charge >= 0.3 is 0 Å². The first-order valence-electron chi connectivity index (χ1n) is 8.43. The molecule has 0 spiro atoms. The van der Waals surface area contributed by atoms with Crippen molar-refractivity contribution in [1.29, 1.82) is 0 Å². The Hall–Kier alpha value is -2.66. The summed E-state index contributed by atoms with van der Waals surface area (Å²) >= 11 is 1.41. The standard InChI is InChI=1S/C21H22N2O2S/c1-14-5-10-17(25-14)11-12-19(24)23-20-22-18(13-26-20)15-6-8-16(9-7-15)21(2,3)4/h5-13H,1-4H3,(H,22,23,24)/b12-11-. The molecule has 0 atom stereocenters. The highest BCUT2D eigenvalue weighted by molar-refractivity contribution is 7.14. The van der Waals surface area contributed by atoms with E-state index in [1.807, 2.05) is 24.4 Å². The van der Waals surface area contributed by atoms with Crippen LogP contribution < -0.4 is 5.32 Å². The number of carbonyl (C=O) groups is 1. The molecule has 0 unspecified atom stereocenters. The molecule has 1 N–H and O–H groups in total. The van der Waals surface area contributed by atoms with E-state index in [-0.39, 0.29) is 11.3 Å². The minimum Gasteiger partial charge on any atom is -0.462 e. The summed E-state index contributed by atoms with van der Waals surface area (Å²) in [6, 6.07) is 12.1. The smallest absolute Gasteiger partial charge is 0.250 e. The fourth-order valence-corrected chi connectivity index (χ4v) is 3.18. The van der Waals surface area contributed by atoms with Gasteiger partial charge in [0.2, 0.25) is 5.91 Å². The number of nitrogens with zero attached hydrogens (tertiary/aromatic N) is 1. The number of aromatic nitrogens is 1. The van der Waals surface area contributed by atoms with E-state index in [0.29, 0.717) is 10.9 Å². The van der Waals surface area contributed by atoms with E-state index < -0.39 is 0 Å². The summed E-state index contributed by atoms with van der Waals surface area (Å²) in [7, 11) is 0. The Morgan fingerprint density at radius 2 is 1.88 bits per heavy atom. The monoisotopic (exact) mass is 366 g/mol. The molecule has 0 aliphatic rings. The lowest BCUT2D eigenvalue weighted by molar-refractivity contribution is -0.111. The molecule has 2 heterocycles. The summed E-state index contributed by atoms with van der Waals surface area (Å²) in [5, 5.41) is 5.30. The summed E-state index contributed by atoms with van der Waals surface area (Å²) in [5.74, 6) is 1.23. The minimum absolute atomic E-state index is 0.124. The number of carbonyl (C=O) groups excluding carboxylic acids is 1. The zero-order valence-electron chi connectivity index (χ0n) is 15.4. The predicted molar refractivity (Wildman–Crippen MR) is 107 cm³/mol. The van der Waals surface area contributed by atoms with Gasteiger partial charge in [-0.25, -0.2) is 4.98 Å². The fraction of sp³-hybridized carbons (Fsp3) is 0.238. The number of thiazole rings is 1. The SMILES string of the molecule is Cc1ccc(/C=C\C(=O)Nc2nc(-c3ccc(C(C)(C)C)cc3)cs2)o1. The maximum absolute atomic E-state index is 12.0. The number of amides is 1. The third-order valence-corrected chi connectivity index (χ3v) is 4.70. The number of hydrogen-bond acceptors (Lipinski definition) is 4. The molecule has 0 saturated carbocycles. The number of hydrogen-bond donors (Lipinski definition) is 1. The van der Waals surface area contributed by atoms with Gasteiger partial charge in [0, 0.05) is 17.0 Å². The Balaban J connectivity index is 1.66. The van der Waals surface area contributed by atoms with Gasteiger partial charge in [-0.15, -0.1) is 11.3 Å². The molecule has 26 heavy (non-hydrogen) atoms. The molecular formula is C21H22N2O2S. The average molecular weight is 366 g/mol. The first-order valence-corrected chi connectivity index (χ1v) is 9.31. The Labute approximate surface area is 157 Å². The molecule has 1 aromatic carbocycles. The van der Waals surface area contributed by atoms with E-state index in [9.17, 15) is 4.79 Å². The number of furan rings is 1. The molecule has 0 aliphatic carbocycles. The molecular weight excluding hydrogens is 344 g/mol. The van der Waals surface area contributed by atoms with E-state index in [4.69, 9.17) is 4.42 Å². The van der Waals surface area contributed by atoms with E-state index in [0.717, 1.165) is 17.0 Å². The van der Waals surface area contributed by atoms with Crippen LogP contribution in [0.2, 0.25) is 0 Å². The normalized spacial score (nSPS) is 11.8. The van der Waals surface area contributed by atoms with Gasteiger partial charge < -0.3 is 4.42 Å². The first-order chi connectivity index (χ1) is 12.3. The molecule has 0 radical (unpaired) electrons. The van der Waals surface area contributed by atoms with Crippen molar-refractivity contribution in [3.05, 3.63) is 64.9 Å². The second-order valence-electron chi connectivity index (χ2n) is 7.14. The van der Waals surface area contributed by atoms with Gasteiger partial charge in [0.25, 0.3) is 0 Å². The van der Waals surface area contributed by atoms with Crippen molar-refractivity contribution < 1.29 is 9.21 Å². The molecule has 2 aromatic heterocycles. The van der Waals surface area contributed by atoms with Gasteiger partial charge in [0.1, 0.15) is 11.5 Å². The number of rotatable bonds is 4. The molecule has 0 saturated heterocycles. The average Bonchev–Trinajstić information content (AvgIpc) is 3.21. The number of aryl methyl sites for hydroxylation is 1. The molecule has 134 valence electrons. The van der Waals surface area contributed by atoms with Crippen molar-refractivity contribution in [2.45, 2.75) is 33.1 Å². The van der Waals surface area contributed by atoms with Crippen LogP contribution in [0.5, 0.6) is 0 Å². The summed E-state index contributed by atoms with van der Waals surface area (Å²) < 4.78 is 5.40. The predicted octanol–water partition coefficient (Wildman–Crippen LogP) is 5.66. The van der Waals surface area contributed by atoms with E-state index in [2.05, 4.69) is 55.3 Å². The molecule has 5 heteroatoms. The van der Waals surface area contributed by atoms with Crippen molar-refractivity contribution in [2.75, 3.05) is 5.32 Å². The highest BCUT2D eigenvalue weighted by Gasteiger charge is 2.14. The zero-order chi connectivity index (χ0) is 18.7. The zero-order valence-corrected chi connectivity index (χ0v) is 16.2. The lowest BCUT2D eigenvalue weighted by atomic mass is 9.86. The topological polar surface area (TPSA) is 55.1 Å². The van der Waals surface area contributed by atoms with Crippen molar-refractivity contribution in [3.63, 3.8) is 0 Å². The van der Waals surface area contributed by atoms with Crippen molar-refractivity contribution >= 4 is 28.5 Å². The highest BCUT2D eigenvalue weighted by atomic mass is 32.1. The first kappa shape index (κ1) is 18.1. The molecule has 0 aliphatic heterocycles. The maximum Gasteiger partial charge on any atom is 0.250 e. The van der Waals surface area contributed by atoms with Gasteiger partial charge in [0.15, 0.2) is 5.13 Å². The van der Waals surface area contributed by atoms with Crippen LogP contribution in [0.1, 0.15) is 37.9 Å². The Morgan fingerprint density at radius 3 is 2.50 bits per heavy atom. The summed E-state index contributed by atoms with van der Waals surface area (Å²) in [4.78, 5) is 16.5. The van der Waals surface area contributed by atoms with Gasteiger partial charge in [-0.3, -0.25) is 10.1 Å². The Kier molecular flexibility index (Phi) is 5.09. The minimum atomic E-state index is -0.233. The van der Waals surface area contributed by atoms with E-state index in [1.165, 1.54) is 23.0 Å². The second kappa shape index (κ2) is 7.30. The van der Waals surface area contributed by atoms with Crippen LogP contribution in [0.3, 0.4) is 0 Å². The van der Waals surface area contributed by atoms with E-state index in [1.54, 1.807) is 6.08 Å². The number of anilines is 1. The Morgan fingerprint density at radius 1 is 1.15 bits per heavy atom. The molecule has 0 bridgehead atoms. The fourth-order valence-electron chi connectivity index (χ4n) is 2.45. The van der Waals surface area contributed by atoms with E-state index >= 15 is 0 Å². The lowest BCUT2D eigenvalue weighted by Gasteiger charge is -2.18. The molecule has 0 fully saturated rings. The molecule has 4 nitrogen and oxygen atoms in total. The van der Waals surface area contributed by atoms with Gasteiger partial charge in [-0.05, 0) is 36.1 Å². The third kappa shape index (κ3) is 4.49. The quantitative estimate of drug-likeness (QED) is 0.606. The largest absolute Gasteiger partial charge is 0.462 e. The highest BCUT2D eigenvalue weighted by Crippen LogP contribution is 2.28. The summed E-state index contributed by atoms with van der Waals surface area (Å²) in [6.07, 6.45) is 3.08. The van der Waals surface area contributed by atoms with Crippen LogP contribution in [-0.4, -0.2) is 10.9 Å². The molecule has 1 amide bonds. The molecule has 3 aromatic rings. The van der Waals surface area contributed by atoms with Crippen LogP contribution in [0.15, 0.2) is 52.3 Å². The molecule has 3 rings (SSSR count). The summed E-state index contributed by atoms with van der Waals surface area (Å²) in [6.45, 7) is 8.44. The van der Waals surface area contributed by atoms with Crippen molar-refractivity contribution in [3.8, 4) is 11.3 Å².